The first kappa shape index (κ1) is 17.8. The van der Waals surface area contributed by atoms with Crippen LogP contribution in [0.2, 0.25) is 0 Å². The molecule has 0 spiro atoms. The SMILES string of the molecule is CCN1CCC(NC(=O)c2csc(-c3c[nH]nc3-c3ccncc3)n2)CC1. The van der Waals surface area contributed by atoms with Gasteiger partial charge in [-0.15, -0.1) is 11.3 Å². The monoisotopic (exact) mass is 382 g/mol. The standard InChI is InChI=1S/C19H22N6OS/c1-2-25-9-5-14(6-10-25)22-18(26)16-12-27-19(23-16)15-11-21-24-17(15)13-3-7-20-8-4-13/h3-4,7-8,11-12,14H,2,5-6,9-10H2,1H3,(H,21,24)(H,22,26). The number of nitrogens with one attached hydrogen (secondary N) is 2. The first-order valence-corrected chi connectivity index (χ1v) is 10.1. The molecule has 0 aliphatic carbocycles. The fourth-order valence-electron chi connectivity index (χ4n) is 3.34. The van der Waals surface area contributed by atoms with Crippen LogP contribution < -0.4 is 5.32 Å². The van der Waals surface area contributed by atoms with E-state index in [9.17, 15) is 4.79 Å². The topological polar surface area (TPSA) is 86.8 Å². The molecule has 1 aliphatic heterocycles. The van der Waals surface area contributed by atoms with E-state index in [0.717, 1.165) is 54.3 Å². The number of pyridine rings is 1. The smallest absolute Gasteiger partial charge is 0.270 e. The highest BCUT2D eigenvalue weighted by Gasteiger charge is 2.22. The number of likely N-dealkylation sites (tertiary alicyclic amines) is 1. The van der Waals surface area contributed by atoms with Crippen molar-refractivity contribution in [3.05, 3.63) is 41.8 Å². The average molecular weight is 382 g/mol. The Morgan fingerprint density at radius 1 is 1.33 bits per heavy atom. The van der Waals surface area contributed by atoms with Gasteiger partial charge in [0.15, 0.2) is 0 Å². The molecule has 2 N–H and O–H groups in total. The van der Waals surface area contributed by atoms with Crippen LogP contribution in [0.15, 0.2) is 36.1 Å². The van der Waals surface area contributed by atoms with Crippen LogP contribution in [0.4, 0.5) is 0 Å². The van der Waals surface area contributed by atoms with Crippen molar-refractivity contribution in [2.24, 2.45) is 0 Å². The molecule has 0 unspecified atom stereocenters. The Morgan fingerprint density at radius 2 is 2.11 bits per heavy atom. The van der Waals surface area contributed by atoms with E-state index in [1.165, 1.54) is 11.3 Å². The van der Waals surface area contributed by atoms with Crippen molar-refractivity contribution in [1.29, 1.82) is 0 Å². The average Bonchev–Trinajstić information content (AvgIpc) is 3.38. The zero-order valence-electron chi connectivity index (χ0n) is 15.2. The number of hydrogen-bond acceptors (Lipinski definition) is 6. The Labute approximate surface area is 161 Å². The first-order valence-electron chi connectivity index (χ1n) is 9.18. The number of amides is 1. The number of rotatable bonds is 5. The second kappa shape index (κ2) is 7.98. The molecule has 4 rings (SSSR count). The maximum absolute atomic E-state index is 12.6. The van der Waals surface area contributed by atoms with Crippen LogP contribution in [-0.4, -0.2) is 56.6 Å². The van der Waals surface area contributed by atoms with Crippen LogP contribution in [-0.2, 0) is 0 Å². The van der Waals surface area contributed by atoms with E-state index in [2.05, 4.69) is 37.3 Å². The molecule has 4 heterocycles. The summed E-state index contributed by atoms with van der Waals surface area (Å²) in [7, 11) is 0. The molecule has 8 heteroatoms. The number of hydrogen-bond donors (Lipinski definition) is 2. The van der Waals surface area contributed by atoms with Gasteiger partial charge in [-0.25, -0.2) is 4.98 Å². The minimum atomic E-state index is -0.0959. The lowest BCUT2D eigenvalue weighted by atomic mass is 10.1. The molecule has 3 aromatic rings. The van der Waals surface area contributed by atoms with Gasteiger partial charge in [-0.2, -0.15) is 5.10 Å². The maximum atomic E-state index is 12.6. The number of nitrogens with zero attached hydrogens (tertiary/aromatic N) is 4. The highest BCUT2D eigenvalue weighted by atomic mass is 32.1. The van der Waals surface area contributed by atoms with Gasteiger partial charge in [0, 0.05) is 48.7 Å². The van der Waals surface area contributed by atoms with Gasteiger partial charge in [0.2, 0.25) is 0 Å². The summed E-state index contributed by atoms with van der Waals surface area (Å²) in [5.41, 5.74) is 3.13. The summed E-state index contributed by atoms with van der Waals surface area (Å²) in [6.07, 6.45) is 7.27. The Kier molecular flexibility index (Phi) is 5.26. The maximum Gasteiger partial charge on any atom is 0.270 e. The van der Waals surface area contributed by atoms with Crippen molar-refractivity contribution in [2.45, 2.75) is 25.8 Å². The third-order valence-electron chi connectivity index (χ3n) is 4.93. The number of carbonyl (C=O) groups is 1. The quantitative estimate of drug-likeness (QED) is 0.709. The van der Waals surface area contributed by atoms with Crippen molar-refractivity contribution in [1.82, 2.24) is 30.4 Å². The van der Waals surface area contributed by atoms with Crippen LogP contribution in [0.25, 0.3) is 21.8 Å². The molecule has 1 amide bonds. The lowest BCUT2D eigenvalue weighted by Gasteiger charge is -2.31. The molecule has 3 aromatic heterocycles. The lowest BCUT2D eigenvalue weighted by Crippen LogP contribution is -2.44. The van der Waals surface area contributed by atoms with Gasteiger partial charge in [0.25, 0.3) is 5.91 Å². The number of carbonyl (C=O) groups excluding carboxylic acids is 1. The minimum Gasteiger partial charge on any atom is -0.348 e. The number of aromatic nitrogens is 4. The van der Waals surface area contributed by atoms with Crippen LogP contribution in [0.1, 0.15) is 30.3 Å². The summed E-state index contributed by atoms with van der Waals surface area (Å²) in [5.74, 6) is -0.0959. The van der Waals surface area contributed by atoms with Crippen molar-refractivity contribution >= 4 is 17.2 Å². The summed E-state index contributed by atoms with van der Waals surface area (Å²) < 4.78 is 0. The van der Waals surface area contributed by atoms with Gasteiger partial charge in [-0.05, 0) is 31.5 Å². The lowest BCUT2D eigenvalue weighted by molar-refractivity contribution is 0.0908. The van der Waals surface area contributed by atoms with E-state index >= 15 is 0 Å². The molecule has 0 aromatic carbocycles. The molecule has 1 saturated heterocycles. The van der Waals surface area contributed by atoms with Crippen molar-refractivity contribution in [3.8, 4) is 21.8 Å². The van der Waals surface area contributed by atoms with E-state index in [4.69, 9.17) is 0 Å². The third-order valence-corrected chi connectivity index (χ3v) is 5.81. The van der Waals surface area contributed by atoms with E-state index in [-0.39, 0.29) is 11.9 Å². The molecule has 0 radical (unpaired) electrons. The molecule has 0 saturated carbocycles. The largest absolute Gasteiger partial charge is 0.348 e. The Balaban J connectivity index is 1.47. The molecule has 27 heavy (non-hydrogen) atoms. The van der Waals surface area contributed by atoms with Crippen LogP contribution >= 0.6 is 11.3 Å². The molecule has 0 atom stereocenters. The van der Waals surface area contributed by atoms with E-state index < -0.39 is 0 Å². The van der Waals surface area contributed by atoms with Crippen LogP contribution in [0, 0.1) is 0 Å². The molecule has 7 nitrogen and oxygen atoms in total. The normalized spacial score (nSPS) is 15.7. The van der Waals surface area contributed by atoms with E-state index in [1.807, 2.05) is 23.7 Å². The summed E-state index contributed by atoms with van der Waals surface area (Å²) in [5, 5.41) is 13.0. The zero-order valence-corrected chi connectivity index (χ0v) is 16.0. The van der Waals surface area contributed by atoms with Gasteiger partial charge in [-0.3, -0.25) is 14.9 Å². The first-order chi connectivity index (χ1) is 13.2. The van der Waals surface area contributed by atoms with Gasteiger partial charge in [0.1, 0.15) is 16.4 Å². The minimum absolute atomic E-state index is 0.0959. The van der Waals surface area contributed by atoms with E-state index in [1.54, 1.807) is 12.4 Å². The number of aromatic amines is 1. The third kappa shape index (κ3) is 3.91. The van der Waals surface area contributed by atoms with Gasteiger partial charge in [-0.1, -0.05) is 6.92 Å². The Morgan fingerprint density at radius 3 is 2.85 bits per heavy atom. The second-order valence-electron chi connectivity index (χ2n) is 6.60. The molecule has 0 bridgehead atoms. The number of H-pyrrole nitrogens is 1. The number of piperidine rings is 1. The number of thiazole rings is 1. The van der Waals surface area contributed by atoms with Gasteiger partial charge in [0.05, 0.1) is 5.56 Å². The summed E-state index contributed by atoms with van der Waals surface area (Å²) in [4.78, 5) is 23.6. The predicted molar refractivity (Wildman–Crippen MR) is 106 cm³/mol. The van der Waals surface area contributed by atoms with Gasteiger partial charge < -0.3 is 10.2 Å². The Bertz CT molecular complexity index is 898. The van der Waals surface area contributed by atoms with E-state index in [0.29, 0.717) is 5.69 Å². The summed E-state index contributed by atoms with van der Waals surface area (Å²) in [6, 6.07) is 4.04. The zero-order chi connectivity index (χ0) is 18.6. The van der Waals surface area contributed by atoms with Crippen LogP contribution in [0.3, 0.4) is 0 Å². The highest BCUT2D eigenvalue weighted by molar-refractivity contribution is 7.13. The highest BCUT2D eigenvalue weighted by Crippen LogP contribution is 2.31. The fraction of sp³-hybridized carbons (Fsp3) is 0.368. The van der Waals surface area contributed by atoms with Gasteiger partial charge >= 0.3 is 0 Å². The molecule has 1 fully saturated rings. The fourth-order valence-corrected chi connectivity index (χ4v) is 4.15. The van der Waals surface area contributed by atoms with Crippen molar-refractivity contribution < 1.29 is 4.79 Å². The Hall–Kier alpha value is -2.58. The van der Waals surface area contributed by atoms with Crippen molar-refractivity contribution in [3.63, 3.8) is 0 Å². The van der Waals surface area contributed by atoms with Crippen LogP contribution in [0.5, 0.6) is 0 Å². The summed E-state index contributed by atoms with van der Waals surface area (Å²) in [6.45, 7) is 5.31. The summed E-state index contributed by atoms with van der Waals surface area (Å²) >= 11 is 1.45. The second-order valence-corrected chi connectivity index (χ2v) is 7.46. The molecule has 140 valence electrons. The van der Waals surface area contributed by atoms with Crippen molar-refractivity contribution in [2.75, 3.05) is 19.6 Å². The molecule has 1 aliphatic rings. The predicted octanol–water partition coefficient (Wildman–Crippen LogP) is 2.81. The molecular formula is C19H22N6OS. The molecular weight excluding hydrogens is 360 g/mol.